The van der Waals surface area contributed by atoms with Crippen molar-refractivity contribution in [1.29, 1.82) is 5.26 Å². The first-order valence-corrected chi connectivity index (χ1v) is 8.88. The van der Waals surface area contributed by atoms with Gasteiger partial charge in [-0.2, -0.15) is 5.26 Å². The summed E-state index contributed by atoms with van der Waals surface area (Å²) in [5.41, 5.74) is 2.17. The summed E-state index contributed by atoms with van der Waals surface area (Å²) in [6.07, 6.45) is 1.68. The number of nitrogens with one attached hydrogen (secondary N) is 1. The third kappa shape index (κ3) is 3.82. The van der Waals surface area contributed by atoms with Crippen LogP contribution in [-0.4, -0.2) is 25.6 Å². The van der Waals surface area contributed by atoms with Gasteiger partial charge in [0, 0.05) is 13.1 Å². The van der Waals surface area contributed by atoms with Gasteiger partial charge in [-0.05, 0) is 42.7 Å². The van der Waals surface area contributed by atoms with E-state index in [9.17, 15) is 10.1 Å². The summed E-state index contributed by atoms with van der Waals surface area (Å²) in [5, 5.41) is 13.1. The molecular weight excluding hydrogens is 350 g/mol. The monoisotopic (exact) mass is 369 g/mol. The average Bonchev–Trinajstić information content (AvgIpc) is 2.67. The molecular formula is C20H20ClN3O2. The van der Waals surface area contributed by atoms with E-state index < -0.39 is 0 Å². The van der Waals surface area contributed by atoms with E-state index in [-0.39, 0.29) is 11.9 Å². The Hall–Kier alpha value is -2.55. The number of halogens is 1. The molecule has 5 nitrogen and oxygen atoms in total. The zero-order valence-corrected chi connectivity index (χ0v) is 15.3. The Bertz CT molecular complexity index is 847. The predicted octanol–water partition coefficient (Wildman–Crippen LogP) is 3.51. The van der Waals surface area contributed by atoms with Gasteiger partial charge in [0.05, 0.1) is 29.4 Å². The lowest BCUT2D eigenvalue weighted by Gasteiger charge is -2.33. The third-order valence-electron chi connectivity index (χ3n) is 4.52. The zero-order valence-electron chi connectivity index (χ0n) is 14.5. The molecule has 1 fully saturated rings. The molecule has 2 aromatic carbocycles. The molecule has 1 heterocycles. The Morgan fingerprint density at radius 2 is 2.15 bits per heavy atom. The Labute approximate surface area is 158 Å². The summed E-state index contributed by atoms with van der Waals surface area (Å²) in [6, 6.07) is 14.7. The van der Waals surface area contributed by atoms with Gasteiger partial charge in [-0.3, -0.25) is 4.79 Å². The second kappa shape index (κ2) is 8.22. The van der Waals surface area contributed by atoms with Crippen LogP contribution in [0.25, 0.3) is 0 Å². The summed E-state index contributed by atoms with van der Waals surface area (Å²) in [6.45, 7) is 1.17. The van der Waals surface area contributed by atoms with Crippen molar-refractivity contribution in [3.8, 4) is 11.8 Å². The number of carbonyl (C=O) groups is 1. The molecule has 1 unspecified atom stereocenters. The highest BCUT2D eigenvalue weighted by atomic mass is 35.5. The molecule has 0 spiro atoms. The highest BCUT2D eigenvalue weighted by Crippen LogP contribution is 2.28. The molecule has 1 N–H and O–H groups in total. The fourth-order valence-electron chi connectivity index (χ4n) is 3.17. The molecule has 1 saturated heterocycles. The first-order chi connectivity index (χ1) is 12.6. The molecule has 3 rings (SSSR count). The Balaban J connectivity index is 1.70. The third-order valence-corrected chi connectivity index (χ3v) is 4.84. The van der Waals surface area contributed by atoms with Crippen LogP contribution in [0.4, 0.5) is 5.69 Å². The van der Waals surface area contributed by atoms with Crippen molar-refractivity contribution >= 4 is 23.2 Å². The van der Waals surface area contributed by atoms with E-state index in [1.807, 2.05) is 24.3 Å². The lowest BCUT2D eigenvalue weighted by Crippen LogP contribution is -2.50. The molecule has 1 amide bonds. The maximum absolute atomic E-state index is 12.9. The van der Waals surface area contributed by atoms with Crippen LogP contribution < -0.4 is 15.0 Å². The van der Waals surface area contributed by atoms with E-state index in [4.69, 9.17) is 16.3 Å². The number of piperidine rings is 1. The summed E-state index contributed by atoms with van der Waals surface area (Å²) < 4.78 is 5.16. The van der Waals surface area contributed by atoms with E-state index in [0.29, 0.717) is 29.4 Å². The topological polar surface area (TPSA) is 65.4 Å². The number of methoxy groups -OCH3 is 1. The molecule has 0 aliphatic carbocycles. The Morgan fingerprint density at radius 1 is 1.35 bits per heavy atom. The Morgan fingerprint density at radius 3 is 2.88 bits per heavy atom. The highest BCUT2D eigenvalue weighted by Gasteiger charge is 2.30. The molecule has 1 aliphatic rings. The molecule has 6 heteroatoms. The fourth-order valence-corrected chi connectivity index (χ4v) is 3.41. The minimum Gasteiger partial charge on any atom is -0.495 e. The molecule has 0 aromatic heterocycles. The fraction of sp³-hybridized carbons (Fsp3) is 0.300. The number of amides is 1. The van der Waals surface area contributed by atoms with Gasteiger partial charge in [-0.25, -0.2) is 0 Å². The first-order valence-electron chi connectivity index (χ1n) is 8.50. The van der Waals surface area contributed by atoms with E-state index in [2.05, 4.69) is 11.4 Å². The van der Waals surface area contributed by atoms with Crippen molar-refractivity contribution in [2.24, 2.45) is 0 Å². The van der Waals surface area contributed by atoms with Gasteiger partial charge in [-0.15, -0.1) is 0 Å². The van der Waals surface area contributed by atoms with Crippen molar-refractivity contribution in [2.45, 2.75) is 25.4 Å². The van der Waals surface area contributed by atoms with Gasteiger partial charge in [0.2, 0.25) is 5.91 Å². The highest BCUT2D eigenvalue weighted by molar-refractivity contribution is 6.33. The molecule has 0 radical (unpaired) electrons. The molecule has 2 aromatic rings. The van der Waals surface area contributed by atoms with Crippen LogP contribution in [0, 0.1) is 11.3 Å². The molecule has 0 bridgehead atoms. The lowest BCUT2D eigenvalue weighted by atomic mass is 10.0. The van der Waals surface area contributed by atoms with Crippen LogP contribution in [0.15, 0.2) is 42.5 Å². The van der Waals surface area contributed by atoms with Crippen LogP contribution in [0.5, 0.6) is 5.75 Å². The van der Waals surface area contributed by atoms with Crippen LogP contribution in [-0.2, 0) is 11.3 Å². The molecule has 1 aliphatic heterocycles. The van der Waals surface area contributed by atoms with Gasteiger partial charge in [-0.1, -0.05) is 29.8 Å². The van der Waals surface area contributed by atoms with Gasteiger partial charge < -0.3 is 15.0 Å². The van der Waals surface area contributed by atoms with Crippen molar-refractivity contribution in [1.82, 2.24) is 5.32 Å². The SMILES string of the molecule is COc1ccc(CNC2CCCN(c3ccccc3Cl)C2=O)cc1C#N. The summed E-state index contributed by atoms with van der Waals surface area (Å²) in [7, 11) is 1.54. The summed E-state index contributed by atoms with van der Waals surface area (Å²) >= 11 is 6.25. The maximum Gasteiger partial charge on any atom is 0.244 e. The minimum absolute atomic E-state index is 0.0263. The number of ether oxygens (including phenoxy) is 1. The summed E-state index contributed by atoms with van der Waals surface area (Å²) in [5.74, 6) is 0.577. The smallest absolute Gasteiger partial charge is 0.244 e. The number of rotatable bonds is 5. The maximum atomic E-state index is 12.9. The van der Waals surface area contributed by atoms with Crippen molar-refractivity contribution in [3.05, 3.63) is 58.6 Å². The van der Waals surface area contributed by atoms with Crippen LogP contribution in [0.1, 0.15) is 24.0 Å². The Kier molecular flexibility index (Phi) is 5.77. The number of anilines is 1. The lowest BCUT2D eigenvalue weighted by molar-refractivity contribution is -0.121. The van der Waals surface area contributed by atoms with Crippen LogP contribution >= 0.6 is 11.6 Å². The van der Waals surface area contributed by atoms with E-state index in [1.165, 1.54) is 7.11 Å². The number of hydrogen-bond donors (Lipinski definition) is 1. The van der Waals surface area contributed by atoms with Crippen LogP contribution in [0.2, 0.25) is 5.02 Å². The normalized spacial score (nSPS) is 17.0. The zero-order chi connectivity index (χ0) is 18.5. The van der Waals surface area contributed by atoms with Crippen molar-refractivity contribution < 1.29 is 9.53 Å². The van der Waals surface area contributed by atoms with Gasteiger partial charge in [0.1, 0.15) is 11.8 Å². The number of hydrogen-bond acceptors (Lipinski definition) is 4. The largest absolute Gasteiger partial charge is 0.495 e. The molecule has 0 saturated carbocycles. The van der Waals surface area contributed by atoms with E-state index in [0.717, 1.165) is 24.1 Å². The standard InChI is InChI=1S/C20H20ClN3O2/c1-26-19-9-8-14(11-15(19)12-22)13-23-17-6-4-10-24(20(17)25)18-7-3-2-5-16(18)21/h2-3,5,7-9,11,17,23H,4,6,10,13H2,1H3. The van der Waals surface area contributed by atoms with E-state index in [1.54, 1.807) is 23.1 Å². The number of para-hydroxylation sites is 1. The second-order valence-electron chi connectivity index (χ2n) is 6.16. The van der Waals surface area contributed by atoms with Crippen LogP contribution in [0.3, 0.4) is 0 Å². The number of benzene rings is 2. The van der Waals surface area contributed by atoms with Crippen molar-refractivity contribution in [3.63, 3.8) is 0 Å². The molecule has 26 heavy (non-hydrogen) atoms. The quantitative estimate of drug-likeness (QED) is 0.875. The van der Waals surface area contributed by atoms with Gasteiger partial charge >= 0.3 is 0 Å². The average molecular weight is 370 g/mol. The number of carbonyl (C=O) groups excluding carboxylic acids is 1. The molecule has 134 valence electrons. The van der Waals surface area contributed by atoms with Gasteiger partial charge in [0.25, 0.3) is 0 Å². The second-order valence-corrected chi connectivity index (χ2v) is 6.57. The van der Waals surface area contributed by atoms with Gasteiger partial charge in [0.15, 0.2) is 0 Å². The summed E-state index contributed by atoms with van der Waals surface area (Å²) in [4.78, 5) is 14.6. The minimum atomic E-state index is -0.271. The predicted molar refractivity (Wildman–Crippen MR) is 101 cm³/mol. The molecule has 1 atom stereocenters. The number of nitriles is 1. The van der Waals surface area contributed by atoms with E-state index >= 15 is 0 Å². The van der Waals surface area contributed by atoms with Crippen molar-refractivity contribution in [2.75, 3.05) is 18.6 Å². The number of nitrogens with zero attached hydrogens (tertiary/aromatic N) is 2. The first kappa shape index (κ1) is 18.2.